The van der Waals surface area contributed by atoms with E-state index in [2.05, 4.69) is 47.8 Å². The molecule has 0 aliphatic carbocycles. The van der Waals surface area contributed by atoms with Gasteiger partial charge in [0.25, 0.3) is 5.91 Å². The minimum Gasteiger partial charge on any atom is -0.465 e. The van der Waals surface area contributed by atoms with Crippen molar-refractivity contribution < 1.29 is 24.1 Å². The normalized spacial score (nSPS) is 17.5. The molecule has 1 aliphatic heterocycles. The van der Waals surface area contributed by atoms with E-state index in [1.807, 2.05) is 37.3 Å². The zero-order chi connectivity index (χ0) is 25.8. The van der Waals surface area contributed by atoms with Crippen LogP contribution in [0.2, 0.25) is 0 Å². The van der Waals surface area contributed by atoms with E-state index in [4.69, 9.17) is 4.74 Å². The van der Waals surface area contributed by atoms with E-state index in [0.29, 0.717) is 17.1 Å². The molecule has 4 aromatic rings. The van der Waals surface area contributed by atoms with Crippen LogP contribution in [-0.4, -0.2) is 51.7 Å². The molecule has 1 saturated heterocycles. The van der Waals surface area contributed by atoms with Crippen LogP contribution in [0.1, 0.15) is 20.8 Å². The number of fused-ring (bicyclic) bond motifs is 1. The molecule has 6 nitrogen and oxygen atoms in total. The van der Waals surface area contributed by atoms with Crippen molar-refractivity contribution in [3.05, 3.63) is 88.8 Å². The lowest BCUT2D eigenvalue weighted by Crippen LogP contribution is -3.28. The maximum Gasteiger partial charge on any atom is 0.341 e. The van der Waals surface area contributed by atoms with Crippen LogP contribution in [0.15, 0.2) is 72.8 Å². The fourth-order valence-corrected chi connectivity index (χ4v) is 6.39. The van der Waals surface area contributed by atoms with E-state index in [0.717, 1.165) is 48.7 Å². The van der Waals surface area contributed by atoms with E-state index in [-0.39, 0.29) is 5.91 Å². The molecule has 5 rings (SSSR count). The topological polar surface area (TPSA) is 64.3 Å². The molecule has 1 amide bonds. The quantitative estimate of drug-likeness (QED) is 0.332. The Morgan fingerprint density at radius 2 is 1.57 bits per heavy atom. The lowest BCUT2D eigenvalue weighted by atomic mass is 10.0. The van der Waals surface area contributed by atoms with Crippen molar-refractivity contribution in [3.8, 4) is 11.1 Å². The third kappa shape index (κ3) is 5.59. The van der Waals surface area contributed by atoms with Crippen molar-refractivity contribution in [2.45, 2.75) is 13.5 Å². The summed E-state index contributed by atoms with van der Waals surface area (Å²) in [7, 11) is 1.37. The summed E-state index contributed by atoms with van der Waals surface area (Å²) in [5.41, 5.74) is 3.58. The number of amides is 1. The summed E-state index contributed by atoms with van der Waals surface area (Å²) in [4.78, 5) is 29.5. The summed E-state index contributed by atoms with van der Waals surface area (Å²) >= 11 is 1.43. The minimum atomic E-state index is -0.434. The maximum atomic E-state index is 13.0. The number of methoxy groups -OCH3 is 1. The number of hydrogen-bond acceptors (Lipinski definition) is 4. The van der Waals surface area contributed by atoms with Crippen LogP contribution >= 0.6 is 11.3 Å². The Bertz CT molecular complexity index is 1400. The third-order valence-corrected chi connectivity index (χ3v) is 8.20. The number of esters is 1. The van der Waals surface area contributed by atoms with Crippen molar-refractivity contribution >= 4 is 39.0 Å². The summed E-state index contributed by atoms with van der Waals surface area (Å²) in [6.45, 7) is 7.29. The van der Waals surface area contributed by atoms with Crippen molar-refractivity contribution in [2.24, 2.45) is 0 Å². The zero-order valence-electron chi connectivity index (χ0n) is 21.3. The van der Waals surface area contributed by atoms with Gasteiger partial charge in [0, 0.05) is 16.0 Å². The Balaban J connectivity index is 1.22. The Kier molecular flexibility index (Phi) is 7.65. The number of nitrogens with one attached hydrogen (secondary N) is 3. The predicted octanol–water partition coefficient (Wildman–Crippen LogP) is 2.59. The first kappa shape index (κ1) is 25.1. The van der Waals surface area contributed by atoms with Crippen LogP contribution in [0.25, 0.3) is 21.9 Å². The Morgan fingerprint density at radius 1 is 0.892 bits per heavy atom. The van der Waals surface area contributed by atoms with Crippen LogP contribution in [-0.2, 0) is 16.1 Å². The molecule has 0 unspecified atom stereocenters. The SMILES string of the molecule is COC(=O)c1c(NC(=O)C[NH+]2CC[NH+](Cc3cccc4ccccc34)CC2)sc(C)c1-c1ccccc1. The highest BCUT2D eigenvalue weighted by Crippen LogP contribution is 2.40. The van der Waals surface area contributed by atoms with E-state index in [1.54, 1.807) is 4.90 Å². The fraction of sp³-hybridized carbons (Fsp3) is 0.267. The zero-order valence-corrected chi connectivity index (χ0v) is 22.1. The van der Waals surface area contributed by atoms with Gasteiger partial charge in [-0.15, -0.1) is 11.3 Å². The Morgan fingerprint density at radius 3 is 2.32 bits per heavy atom. The number of benzene rings is 3. The molecular formula is C30H33N3O3S+2. The summed E-state index contributed by atoms with van der Waals surface area (Å²) < 4.78 is 5.08. The number of piperazine rings is 1. The van der Waals surface area contributed by atoms with Crippen LogP contribution < -0.4 is 15.1 Å². The van der Waals surface area contributed by atoms with Crippen LogP contribution in [0.4, 0.5) is 5.00 Å². The first-order chi connectivity index (χ1) is 18.0. The lowest BCUT2D eigenvalue weighted by molar-refractivity contribution is -1.01. The Labute approximate surface area is 221 Å². The minimum absolute atomic E-state index is 0.0708. The fourth-order valence-electron chi connectivity index (χ4n) is 5.31. The van der Waals surface area contributed by atoms with Crippen LogP contribution in [0, 0.1) is 6.92 Å². The average Bonchev–Trinajstić information content (AvgIpc) is 3.25. The van der Waals surface area contributed by atoms with E-state index in [1.165, 1.54) is 39.7 Å². The van der Waals surface area contributed by atoms with Gasteiger partial charge in [-0.25, -0.2) is 4.79 Å². The molecule has 0 atom stereocenters. The number of aryl methyl sites for hydroxylation is 1. The van der Waals surface area contributed by atoms with Crippen LogP contribution in [0.3, 0.4) is 0 Å². The van der Waals surface area contributed by atoms with Gasteiger partial charge < -0.3 is 19.9 Å². The van der Waals surface area contributed by atoms with Crippen molar-refractivity contribution in [1.82, 2.24) is 0 Å². The number of anilines is 1. The van der Waals surface area contributed by atoms with Gasteiger partial charge in [0.15, 0.2) is 6.54 Å². The molecule has 1 fully saturated rings. The number of hydrogen-bond donors (Lipinski definition) is 3. The van der Waals surface area contributed by atoms with Gasteiger partial charge in [-0.05, 0) is 23.3 Å². The number of carbonyl (C=O) groups is 2. The van der Waals surface area contributed by atoms with Crippen molar-refractivity contribution in [1.29, 1.82) is 0 Å². The van der Waals surface area contributed by atoms with Crippen molar-refractivity contribution in [3.63, 3.8) is 0 Å². The van der Waals surface area contributed by atoms with Gasteiger partial charge >= 0.3 is 5.97 Å². The second-order valence-electron chi connectivity index (χ2n) is 9.63. The molecule has 0 bridgehead atoms. The van der Waals surface area contributed by atoms with Gasteiger partial charge in [-0.2, -0.15) is 0 Å². The molecule has 0 spiro atoms. The molecule has 7 heteroatoms. The van der Waals surface area contributed by atoms with Gasteiger partial charge in [0.2, 0.25) is 0 Å². The van der Waals surface area contributed by atoms with E-state index < -0.39 is 5.97 Å². The summed E-state index contributed by atoms with van der Waals surface area (Å²) in [5.74, 6) is -0.505. The monoisotopic (exact) mass is 515 g/mol. The van der Waals surface area contributed by atoms with Gasteiger partial charge in [0.1, 0.15) is 43.3 Å². The first-order valence-corrected chi connectivity index (χ1v) is 13.6. The molecule has 0 radical (unpaired) electrons. The standard InChI is InChI=1S/C30H31N3O3S/c1-21-27(23-10-4-3-5-11-23)28(30(35)36-2)29(37-21)31-26(34)20-33-17-15-32(16-18-33)19-24-13-8-12-22-9-6-7-14-25(22)24/h3-14H,15-20H2,1-2H3,(H,31,34)/p+2. The molecule has 0 saturated carbocycles. The molecule has 190 valence electrons. The lowest BCUT2D eigenvalue weighted by Gasteiger charge is -2.29. The molecule has 3 aromatic carbocycles. The number of carbonyl (C=O) groups excluding carboxylic acids is 2. The van der Waals surface area contributed by atoms with E-state index >= 15 is 0 Å². The number of ether oxygens (including phenoxy) is 1. The summed E-state index contributed by atoms with van der Waals surface area (Å²) in [6, 6.07) is 24.9. The highest BCUT2D eigenvalue weighted by Gasteiger charge is 2.28. The van der Waals surface area contributed by atoms with Gasteiger partial charge in [-0.1, -0.05) is 72.8 Å². The van der Waals surface area contributed by atoms with Crippen LogP contribution in [0.5, 0.6) is 0 Å². The van der Waals surface area contributed by atoms with Crippen molar-refractivity contribution in [2.75, 3.05) is 45.2 Å². The second kappa shape index (κ2) is 11.3. The average molecular weight is 516 g/mol. The summed E-state index contributed by atoms with van der Waals surface area (Å²) in [6.07, 6.45) is 0. The molecule has 1 aliphatic rings. The number of quaternary nitrogens is 2. The largest absolute Gasteiger partial charge is 0.465 e. The first-order valence-electron chi connectivity index (χ1n) is 12.7. The molecule has 2 heterocycles. The predicted molar refractivity (Wildman–Crippen MR) is 148 cm³/mol. The highest BCUT2D eigenvalue weighted by atomic mass is 32.1. The van der Waals surface area contributed by atoms with E-state index in [9.17, 15) is 9.59 Å². The van der Waals surface area contributed by atoms with Gasteiger partial charge in [0.05, 0.1) is 7.11 Å². The second-order valence-corrected chi connectivity index (χ2v) is 10.9. The van der Waals surface area contributed by atoms with Gasteiger partial charge in [-0.3, -0.25) is 4.79 Å². The Hall–Kier alpha value is -3.52. The molecular weight excluding hydrogens is 482 g/mol. The maximum absolute atomic E-state index is 13.0. The molecule has 37 heavy (non-hydrogen) atoms. The number of thiophene rings is 1. The number of rotatable bonds is 7. The molecule has 1 aromatic heterocycles. The molecule has 3 N–H and O–H groups in total. The summed E-state index contributed by atoms with van der Waals surface area (Å²) in [5, 5.41) is 6.20. The third-order valence-electron chi connectivity index (χ3n) is 7.18. The smallest absolute Gasteiger partial charge is 0.341 e. The highest BCUT2D eigenvalue weighted by molar-refractivity contribution is 7.17.